The molecule has 174 valence electrons. The predicted octanol–water partition coefficient (Wildman–Crippen LogP) is 2.47. The molecule has 3 atom stereocenters. The minimum Gasteiger partial charge on any atom is -0.371 e. The lowest BCUT2D eigenvalue weighted by Crippen LogP contribution is -2.24. The molecule has 10 heteroatoms. The second-order valence-electron chi connectivity index (χ2n) is 9.30. The van der Waals surface area contributed by atoms with Gasteiger partial charge in [-0.1, -0.05) is 17.3 Å². The number of hydrogen-bond acceptors (Lipinski definition) is 8. The molecular weight excluding hydrogens is 444 g/mol. The van der Waals surface area contributed by atoms with E-state index in [4.69, 9.17) is 4.52 Å². The van der Waals surface area contributed by atoms with Crippen LogP contribution in [0, 0.1) is 11.8 Å². The number of benzene rings is 1. The Morgan fingerprint density at radius 1 is 1.03 bits per heavy atom. The summed E-state index contributed by atoms with van der Waals surface area (Å²) in [5.41, 5.74) is 4.30. The Morgan fingerprint density at radius 3 is 2.66 bits per heavy atom. The maximum atomic E-state index is 12.8. The normalized spacial score (nSPS) is 20.9. The summed E-state index contributed by atoms with van der Waals surface area (Å²) in [6.45, 7) is 2.13. The number of aryl methyl sites for hydroxylation is 1. The number of rotatable bonds is 5. The van der Waals surface area contributed by atoms with Gasteiger partial charge in [0.2, 0.25) is 5.89 Å². The quantitative estimate of drug-likeness (QED) is 0.389. The van der Waals surface area contributed by atoms with Crippen LogP contribution >= 0.6 is 0 Å². The number of hydrogen-bond donors (Lipinski definition) is 0. The van der Waals surface area contributed by atoms with Crippen LogP contribution in [0.5, 0.6) is 0 Å². The van der Waals surface area contributed by atoms with Gasteiger partial charge in [0.05, 0.1) is 6.33 Å². The Balaban J connectivity index is 1.05. The van der Waals surface area contributed by atoms with Crippen LogP contribution in [0.25, 0.3) is 22.3 Å². The molecule has 7 rings (SSSR count). The van der Waals surface area contributed by atoms with Gasteiger partial charge in [0.15, 0.2) is 17.0 Å². The Labute approximate surface area is 199 Å². The summed E-state index contributed by atoms with van der Waals surface area (Å²) < 4.78 is 8.65. The number of fused-ring (bicyclic) bond motifs is 2. The molecule has 1 saturated heterocycles. The fourth-order valence-corrected chi connectivity index (χ4v) is 5.34. The van der Waals surface area contributed by atoms with Crippen LogP contribution < -0.4 is 10.5 Å². The molecule has 1 saturated carbocycles. The highest BCUT2D eigenvalue weighted by molar-refractivity contribution is 5.69. The third-order valence-corrected chi connectivity index (χ3v) is 7.21. The van der Waals surface area contributed by atoms with Gasteiger partial charge >= 0.3 is 0 Å². The van der Waals surface area contributed by atoms with E-state index in [0.29, 0.717) is 34.8 Å². The average Bonchev–Trinajstić information content (AvgIpc) is 3.30. The fraction of sp³-hybridized carbons (Fsp3) is 0.280. The minimum absolute atomic E-state index is 0.178. The number of anilines is 1. The van der Waals surface area contributed by atoms with E-state index in [0.717, 1.165) is 18.9 Å². The van der Waals surface area contributed by atoms with Gasteiger partial charge in [-0.25, -0.2) is 9.97 Å². The molecule has 0 amide bonds. The summed E-state index contributed by atoms with van der Waals surface area (Å²) in [6, 6.07) is 12.7. The molecule has 1 unspecified atom stereocenters. The lowest BCUT2D eigenvalue weighted by Gasteiger charge is -2.22. The highest BCUT2D eigenvalue weighted by Gasteiger charge is 2.58. The molecule has 5 heterocycles. The van der Waals surface area contributed by atoms with E-state index in [1.165, 1.54) is 27.7 Å². The molecule has 1 aliphatic carbocycles. The zero-order valence-electron chi connectivity index (χ0n) is 19.0. The zero-order chi connectivity index (χ0) is 23.5. The first-order valence-corrected chi connectivity index (χ1v) is 11.6. The van der Waals surface area contributed by atoms with E-state index in [2.05, 4.69) is 54.3 Å². The molecule has 10 nitrogen and oxygen atoms in total. The van der Waals surface area contributed by atoms with Gasteiger partial charge in [-0.2, -0.15) is 4.98 Å². The SMILES string of the molecule is Cn1cnc2ncn(Cc3nc(C4[C@H]5CN(c6cccc(-c7ccncc7)c6)C[C@@H]45)no3)c(=O)c21. The first-order valence-electron chi connectivity index (χ1n) is 11.6. The van der Waals surface area contributed by atoms with Crippen molar-refractivity contribution in [2.45, 2.75) is 12.5 Å². The van der Waals surface area contributed by atoms with E-state index in [1.807, 2.05) is 24.5 Å². The topological polar surface area (TPSA) is 108 Å². The summed E-state index contributed by atoms with van der Waals surface area (Å²) in [5, 5.41) is 4.24. The standard InChI is InChI=1S/C25H22N8O2/c1-31-13-27-24-22(31)25(34)33(14-28-24)12-20-29-23(30-35-20)21-18-10-32(11-19(18)21)17-4-2-3-16(9-17)15-5-7-26-8-6-15/h2-9,13-14,18-19,21H,10-12H2,1H3/t18-,19+,21?. The minimum atomic E-state index is -0.178. The Kier molecular flexibility index (Phi) is 4.35. The highest BCUT2D eigenvalue weighted by atomic mass is 16.5. The molecule has 2 aliphatic rings. The van der Waals surface area contributed by atoms with Gasteiger partial charge in [0, 0.05) is 44.1 Å². The van der Waals surface area contributed by atoms with Crippen molar-refractivity contribution in [3.63, 3.8) is 0 Å². The summed E-state index contributed by atoms with van der Waals surface area (Å²) in [6.07, 6.45) is 6.70. The van der Waals surface area contributed by atoms with Crippen molar-refractivity contribution in [1.82, 2.24) is 34.2 Å². The van der Waals surface area contributed by atoms with Crippen LogP contribution in [0.15, 0.2) is 70.8 Å². The molecule has 5 aromatic rings. The third-order valence-electron chi connectivity index (χ3n) is 7.21. The molecule has 0 spiro atoms. The number of imidazole rings is 1. The first kappa shape index (κ1) is 20.1. The number of piperidine rings is 1. The van der Waals surface area contributed by atoms with Gasteiger partial charge in [0.25, 0.3) is 5.56 Å². The second-order valence-corrected chi connectivity index (χ2v) is 9.30. The third kappa shape index (κ3) is 3.32. The number of aromatic nitrogens is 7. The number of pyridine rings is 1. The Hall–Kier alpha value is -4.34. The second kappa shape index (κ2) is 7.59. The monoisotopic (exact) mass is 466 g/mol. The van der Waals surface area contributed by atoms with Crippen LogP contribution in [-0.2, 0) is 13.6 Å². The lowest BCUT2D eigenvalue weighted by molar-refractivity contribution is 0.363. The smallest absolute Gasteiger partial charge is 0.280 e. The highest BCUT2D eigenvalue weighted by Crippen LogP contribution is 2.58. The van der Waals surface area contributed by atoms with Gasteiger partial charge < -0.3 is 14.0 Å². The average molecular weight is 467 g/mol. The van der Waals surface area contributed by atoms with E-state index >= 15 is 0 Å². The fourth-order valence-electron chi connectivity index (χ4n) is 5.34. The molecule has 0 bridgehead atoms. The lowest BCUT2D eigenvalue weighted by atomic mass is 10.1. The van der Waals surface area contributed by atoms with E-state index < -0.39 is 0 Å². The Morgan fingerprint density at radius 2 is 1.83 bits per heavy atom. The molecule has 35 heavy (non-hydrogen) atoms. The van der Waals surface area contributed by atoms with Gasteiger partial charge in [-0.15, -0.1) is 0 Å². The predicted molar refractivity (Wildman–Crippen MR) is 128 cm³/mol. The van der Waals surface area contributed by atoms with Gasteiger partial charge in [-0.3, -0.25) is 14.3 Å². The van der Waals surface area contributed by atoms with Crippen LogP contribution in [0.1, 0.15) is 17.6 Å². The maximum Gasteiger partial charge on any atom is 0.280 e. The first-order chi connectivity index (χ1) is 17.2. The van der Waals surface area contributed by atoms with Crippen molar-refractivity contribution in [2.24, 2.45) is 18.9 Å². The van der Waals surface area contributed by atoms with E-state index in [1.54, 1.807) is 17.9 Å². The van der Waals surface area contributed by atoms with Crippen molar-refractivity contribution in [3.8, 4) is 11.1 Å². The molecule has 2 fully saturated rings. The zero-order valence-corrected chi connectivity index (χ0v) is 19.0. The molecule has 0 N–H and O–H groups in total. The van der Waals surface area contributed by atoms with Crippen molar-refractivity contribution in [2.75, 3.05) is 18.0 Å². The Bertz CT molecular complexity index is 1590. The van der Waals surface area contributed by atoms with Crippen LogP contribution in [-0.4, -0.2) is 47.3 Å². The van der Waals surface area contributed by atoms with Crippen molar-refractivity contribution in [3.05, 3.63) is 83.5 Å². The summed E-state index contributed by atoms with van der Waals surface area (Å²) >= 11 is 0. The molecular formula is C25H22N8O2. The molecule has 1 aromatic carbocycles. The summed E-state index contributed by atoms with van der Waals surface area (Å²) in [4.78, 5) is 32.3. The van der Waals surface area contributed by atoms with Gasteiger partial charge in [-0.05, 0) is 47.2 Å². The van der Waals surface area contributed by atoms with Gasteiger partial charge in [0.1, 0.15) is 12.9 Å². The van der Waals surface area contributed by atoms with E-state index in [9.17, 15) is 4.79 Å². The molecule has 4 aromatic heterocycles. The van der Waals surface area contributed by atoms with E-state index in [-0.39, 0.29) is 12.1 Å². The van der Waals surface area contributed by atoms with Crippen molar-refractivity contribution in [1.29, 1.82) is 0 Å². The summed E-state index contributed by atoms with van der Waals surface area (Å²) in [5.74, 6) is 2.49. The summed E-state index contributed by atoms with van der Waals surface area (Å²) in [7, 11) is 1.78. The van der Waals surface area contributed by atoms with Crippen LogP contribution in [0.3, 0.4) is 0 Å². The van der Waals surface area contributed by atoms with Crippen LogP contribution in [0.2, 0.25) is 0 Å². The largest absolute Gasteiger partial charge is 0.371 e. The van der Waals surface area contributed by atoms with Crippen molar-refractivity contribution >= 4 is 16.9 Å². The van der Waals surface area contributed by atoms with Crippen molar-refractivity contribution < 1.29 is 4.52 Å². The molecule has 1 aliphatic heterocycles. The van der Waals surface area contributed by atoms with Crippen LogP contribution in [0.4, 0.5) is 5.69 Å². The maximum absolute atomic E-state index is 12.8. The molecule has 0 radical (unpaired) electrons. The number of nitrogens with zero attached hydrogens (tertiary/aromatic N) is 8.